The molecule has 0 bridgehead atoms. The van der Waals surface area contributed by atoms with Crippen LogP contribution in [0, 0.1) is 11.8 Å². The third-order valence-corrected chi connectivity index (χ3v) is 6.24. The monoisotopic (exact) mass is 401 g/mol. The minimum atomic E-state index is -0.681. The SMILES string of the molecule is COc1cccc(CC2CCC(O)(Cc3cccc(Cl)c3)C(CN(C)C)C2)c1. The van der Waals surface area contributed by atoms with Gasteiger partial charge in [-0.1, -0.05) is 35.9 Å². The summed E-state index contributed by atoms with van der Waals surface area (Å²) in [6.07, 6.45) is 4.60. The lowest BCUT2D eigenvalue weighted by atomic mass is 9.67. The molecule has 152 valence electrons. The molecule has 0 radical (unpaired) electrons. The number of hydrogen-bond donors (Lipinski definition) is 1. The second-order valence-corrected chi connectivity index (χ2v) is 9.00. The van der Waals surface area contributed by atoms with E-state index in [2.05, 4.69) is 43.3 Å². The molecule has 1 aliphatic rings. The van der Waals surface area contributed by atoms with Crippen LogP contribution < -0.4 is 4.74 Å². The highest BCUT2D eigenvalue weighted by molar-refractivity contribution is 6.30. The first-order chi connectivity index (χ1) is 13.4. The van der Waals surface area contributed by atoms with Gasteiger partial charge in [0.25, 0.3) is 0 Å². The zero-order valence-electron chi connectivity index (χ0n) is 17.2. The Bertz CT molecular complexity index is 779. The summed E-state index contributed by atoms with van der Waals surface area (Å²) in [6.45, 7) is 0.895. The number of nitrogens with zero attached hydrogens (tertiary/aromatic N) is 1. The summed E-state index contributed by atoms with van der Waals surface area (Å²) in [4.78, 5) is 2.20. The maximum Gasteiger partial charge on any atom is 0.119 e. The number of halogens is 1. The van der Waals surface area contributed by atoms with Crippen molar-refractivity contribution < 1.29 is 9.84 Å². The van der Waals surface area contributed by atoms with E-state index in [1.165, 1.54) is 5.56 Å². The van der Waals surface area contributed by atoms with Crippen molar-refractivity contribution in [1.82, 2.24) is 4.90 Å². The molecule has 3 atom stereocenters. The lowest BCUT2D eigenvalue weighted by Gasteiger charge is -2.44. The Hall–Kier alpha value is -1.55. The van der Waals surface area contributed by atoms with E-state index in [4.69, 9.17) is 16.3 Å². The minimum absolute atomic E-state index is 0.242. The van der Waals surface area contributed by atoms with Crippen molar-refractivity contribution in [2.24, 2.45) is 11.8 Å². The van der Waals surface area contributed by atoms with Gasteiger partial charge in [0.2, 0.25) is 0 Å². The summed E-state index contributed by atoms with van der Waals surface area (Å²) in [5.74, 6) is 1.73. The second-order valence-electron chi connectivity index (χ2n) is 8.57. The van der Waals surface area contributed by atoms with Gasteiger partial charge in [0.15, 0.2) is 0 Å². The summed E-state index contributed by atoms with van der Waals surface area (Å²) in [5, 5.41) is 12.3. The van der Waals surface area contributed by atoms with Crippen LogP contribution in [0.4, 0.5) is 0 Å². The van der Waals surface area contributed by atoms with Gasteiger partial charge in [0, 0.05) is 23.9 Å². The fourth-order valence-electron chi connectivity index (χ4n) is 4.63. The van der Waals surface area contributed by atoms with Crippen molar-refractivity contribution in [3.05, 3.63) is 64.7 Å². The van der Waals surface area contributed by atoms with E-state index in [9.17, 15) is 5.11 Å². The van der Waals surface area contributed by atoms with Crippen LogP contribution in [0.3, 0.4) is 0 Å². The first-order valence-electron chi connectivity index (χ1n) is 10.1. The molecular weight excluding hydrogens is 370 g/mol. The predicted molar refractivity (Wildman–Crippen MR) is 116 cm³/mol. The number of benzene rings is 2. The Balaban J connectivity index is 1.73. The molecule has 0 aromatic heterocycles. The van der Waals surface area contributed by atoms with Gasteiger partial charge < -0.3 is 14.7 Å². The van der Waals surface area contributed by atoms with Crippen molar-refractivity contribution in [1.29, 1.82) is 0 Å². The Kier molecular flexibility index (Phi) is 7.03. The molecular formula is C24H32ClNO2. The molecule has 0 saturated heterocycles. The van der Waals surface area contributed by atoms with Gasteiger partial charge in [-0.2, -0.15) is 0 Å². The molecule has 28 heavy (non-hydrogen) atoms. The van der Waals surface area contributed by atoms with Crippen LogP contribution in [0.5, 0.6) is 5.75 Å². The average Bonchev–Trinajstić information content (AvgIpc) is 2.64. The fourth-order valence-corrected chi connectivity index (χ4v) is 4.85. The van der Waals surface area contributed by atoms with Crippen molar-refractivity contribution in [2.45, 2.75) is 37.7 Å². The van der Waals surface area contributed by atoms with Crippen LogP contribution in [-0.2, 0) is 12.8 Å². The first-order valence-corrected chi connectivity index (χ1v) is 10.5. The molecule has 2 aromatic rings. The normalized spacial score (nSPS) is 25.1. The molecule has 4 heteroatoms. The largest absolute Gasteiger partial charge is 0.497 e. The highest BCUT2D eigenvalue weighted by Gasteiger charge is 2.42. The van der Waals surface area contributed by atoms with Crippen molar-refractivity contribution >= 4 is 11.6 Å². The standard InChI is InChI=1S/C24H32ClNO2/c1-26(2)17-21-13-19(12-18-6-5-9-23(15-18)28-3)10-11-24(21,27)16-20-7-4-8-22(25)14-20/h4-9,14-15,19,21,27H,10-13,16-17H2,1-3H3. The van der Waals surface area contributed by atoms with E-state index < -0.39 is 5.60 Å². The molecule has 2 aromatic carbocycles. The molecule has 0 heterocycles. The fraction of sp³-hybridized carbons (Fsp3) is 0.500. The van der Waals surface area contributed by atoms with Crippen LogP contribution in [-0.4, -0.2) is 43.4 Å². The van der Waals surface area contributed by atoms with E-state index in [-0.39, 0.29) is 5.92 Å². The third kappa shape index (κ3) is 5.50. The first kappa shape index (κ1) is 21.2. The average molecular weight is 402 g/mol. The lowest BCUT2D eigenvalue weighted by Crippen LogP contribution is -2.49. The van der Waals surface area contributed by atoms with Gasteiger partial charge >= 0.3 is 0 Å². The molecule has 0 spiro atoms. The molecule has 0 amide bonds. The molecule has 3 rings (SSSR count). The van der Waals surface area contributed by atoms with E-state index in [1.807, 2.05) is 24.3 Å². The van der Waals surface area contributed by atoms with Crippen LogP contribution in [0.25, 0.3) is 0 Å². The predicted octanol–water partition coefficient (Wildman–Crippen LogP) is 4.84. The van der Waals surface area contributed by atoms with Gasteiger partial charge in [-0.25, -0.2) is 0 Å². The second kappa shape index (κ2) is 9.30. The van der Waals surface area contributed by atoms with Crippen molar-refractivity contribution in [2.75, 3.05) is 27.7 Å². The van der Waals surface area contributed by atoms with Gasteiger partial charge in [0.1, 0.15) is 5.75 Å². The van der Waals surface area contributed by atoms with Gasteiger partial charge in [-0.05, 0) is 81.1 Å². The Morgan fingerprint density at radius 3 is 2.61 bits per heavy atom. The molecule has 1 aliphatic carbocycles. The molecule has 3 nitrogen and oxygen atoms in total. The smallest absolute Gasteiger partial charge is 0.119 e. The van der Waals surface area contributed by atoms with Crippen LogP contribution in [0.15, 0.2) is 48.5 Å². The number of ether oxygens (including phenoxy) is 1. The highest BCUT2D eigenvalue weighted by atomic mass is 35.5. The molecule has 0 aliphatic heterocycles. The molecule has 1 fully saturated rings. The quantitative estimate of drug-likeness (QED) is 0.720. The number of aliphatic hydroxyl groups is 1. The number of hydrogen-bond acceptors (Lipinski definition) is 3. The van der Waals surface area contributed by atoms with E-state index in [0.29, 0.717) is 12.3 Å². The summed E-state index contributed by atoms with van der Waals surface area (Å²) in [7, 11) is 5.89. The zero-order valence-corrected chi connectivity index (χ0v) is 18.0. The van der Waals surface area contributed by atoms with Crippen LogP contribution in [0.1, 0.15) is 30.4 Å². The maximum absolute atomic E-state index is 11.6. The van der Waals surface area contributed by atoms with Gasteiger partial charge in [0.05, 0.1) is 12.7 Å². The molecule has 3 unspecified atom stereocenters. The van der Waals surface area contributed by atoms with Crippen molar-refractivity contribution in [3.63, 3.8) is 0 Å². The van der Waals surface area contributed by atoms with Gasteiger partial charge in [-0.3, -0.25) is 0 Å². The summed E-state index contributed by atoms with van der Waals surface area (Å²) in [5.41, 5.74) is 1.75. The molecule has 1 saturated carbocycles. The van der Waals surface area contributed by atoms with Crippen LogP contribution in [0.2, 0.25) is 5.02 Å². The molecule has 1 N–H and O–H groups in total. The maximum atomic E-state index is 11.6. The summed E-state index contributed by atoms with van der Waals surface area (Å²) < 4.78 is 5.37. The Labute approximate surface area is 174 Å². The van der Waals surface area contributed by atoms with E-state index in [1.54, 1.807) is 7.11 Å². The van der Waals surface area contributed by atoms with Gasteiger partial charge in [-0.15, -0.1) is 0 Å². The summed E-state index contributed by atoms with van der Waals surface area (Å²) >= 11 is 6.17. The zero-order chi connectivity index (χ0) is 20.1. The third-order valence-electron chi connectivity index (χ3n) is 6.01. The Morgan fingerprint density at radius 1 is 1.14 bits per heavy atom. The highest BCUT2D eigenvalue weighted by Crippen LogP contribution is 2.41. The summed E-state index contributed by atoms with van der Waals surface area (Å²) in [6, 6.07) is 16.3. The topological polar surface area (TPSA) is 32.7 Å². The van der Waals surface area contributed by atoms with E-state index >= 15 is 0 Å². The van der Waals surface area contributed by atoms with Crippen LogP contribution >= 0.6 is 11.6 Å². The lowest BCUT2D eigenvalue weighted by molar-refractivity contribution is -0.0685. The number of methoxy groups -OCH3 is 1. The Morgan fingerprint density at radius 2 is 1.89 bits per heavy atom. The van der Waals surface area contributed by atoms with Crippen molar-refractivity contribution in [3.8, 4) is 5.75 Å². The van der Waals surface area contributed by atoms with E-state index in [0.717, 1.165) is 48.6 Å². The number of rotatable bonds is 7. The minimum Gasteiger partial charge on any atom is -0.497 e.